The van der Waals surface area contributed by atoms with Gasteiger partial charge in [0.15, 0.2) is 0 Å². The maximum absolute atomic E-state index is 16.2. The second kappa shape index (κ2) is 13.3. The van der Waals surface area contributed by atoms with E-state index in [0.717, 1.165) is 68.3 Å². The highest BCUT2D eigenvalue weighted by Gasteiger charge is 2.59. The zero-order valence-electron chi connectivity index (χ0n) is 27.5. The van der Waals surface area contributed by atoms with Gasteiger partial charge in [-0.25, -0.2) is 4.39 Å². The van der Waals surface area contributed by atoms with Gasteiger partial charge in [-0.05, 0) is 120 Å². The van der Waals surface area contributed by atoms with Crippen LogP contribution in [0, 0.1) is 29.1 Å². The molecule has 0 aliphatic heterocycles. The minimum Gasteiger partial charge on any atom is -0.508 e. The first-order valence-electron chi connectivity index (χ1n) is 18.2. The minimum atomic E-state index is -0.983. The molecule has 2 N–H and O–H groups in total. The van der Waals surface area contributed by atoms with Crippen molar-refractivity contribution in [2.24, 2.45) is 29.1 Å². The quantitative estimate of drug-likeness (QED) is 0.234. The summed E-state index contributed by atoms with van der Waals surface area (Å²) in [6.45, 7) is 3.76. The van der Waals surface area contributed by atoms with Crippen molar-refractivity contribution in [1.29, 1.82) is 0 Å². The van der Waals surface area contributed by atoms with E-state index in [-0.39, 0.29) is 28.9 Å². The number of unbranched alkanes of at least 4 members (excludes halogenated alkanes) is 1. The summed E-state index contributed by atoms with van der Waals surface area (Å²) in [6.07, 6.45) is 11.2. The molecular formula is C41H52FNO3. The number of carbonyl (C=O) groups excluding carboxylic acids is 1. The molecule has 5 heteroatoms. The molecule has 0 saturated heterocycles. The number of nitrogens with zero attached hydrogens (tertiary/aromatic N) is 1. The van der Waals surface area contributed by atoms with Crippen LogP contribution in [0.3, 0.4) is 0 Å². The van der Waals surface area contributed by atoms with Crippen molar-refractivity contribution in [1.82, 2.24) is 4.90 Å². The largest absolute Gasteiger partial charge is 0.508 e. The SMILES string of the molecule is C[C@]12C[C@H](F)[C@@H]3c4ccc(O)cc4C[C@@H](CCCCN(CC4CCCCC4)C(=O)Cc4ccc5ccccc5c4)[C@H]3[C@@H]1CC[C@@H]2O. The molecule has 3 aromatic rings. The van der Waals surface area contributed by atoms with Gasteiger partial charge in [-0.15, -0.1) is 0 Å². The first kappa shape index (κ1) is 31.7. The lowest BCUT2D eigenvalue weighted by atomic mass is 9.51. The second-order valence-corrected chi connectivity index (χ2v) is 15.6. The summed E-state index contributed by atoms with van der Waals surface area (Å²) < 4.78 is 16.2. The number of benzene rings is 3. The van der Waals surface area contributed by atoms with Gasteiger partial charge in [0.1, 0.15) is 11.9 Å². The van der Waals surface area contributed by atoms with E-state index >= 15 is 4.39 Å². The third-order valence-corrected chi connectivity index (χ3v) is 12.8. The Morgan fingerprint density at radius 1 is 0.957 bits per heavy atom. The molecule has 246 valence electrons. The standard InChI is InChI=1S/C41H52FNO3/c1-41-25-36(42)40-34-17-16-33(44)24-32(34)23-31(39(40)35(41)18-19-37(41)45)13-7-8-20-43(26-27-9-3-2-4-10-27)38(46)22-28-14-15-29-11-5-6-12-30(29)21-28/h5-6,11-12,14-17,21,24,27,31,35-37,39-40,44-45H,2-4,7-10,13,18-20,22-23,25-26H2,1H3/t31-,35+,36+,37+,39+,40+,41+/m1/s1. The third kappa shape index (κ3) is 6.21. The van der Waals surface area contributed by atoms with E-state index in [1.807, 2.05) is 12.1 Å². The highest BCUT2D eigenvalue weighted by Crippen LogP contribution is 2.63. The van der Waals surface area contributed by atoms with Crippen LogP contribution in [0.1, 0.15) is 100 Å². The van der Waals surface area contributed by atoms with Crippen molar-refractivity contribution in [2.75, 3.05) is 13.1 Å². The Morgan fingerprint density at radius 3 is 2.59 bits per heavy atom. The zero-order chi connectivity index (χ0) is 31.8. The zero-order valence-corrected chi connectivity index (χ0v) is 27.5. The van der Waals surface area contributed by atoms with Crippen molar-refractivity contribution in [3.63, 3.8) is 0 Å². The number of aromatic hydroxyl groups is 1. The summed E-state index contributed by atoms with van der Waals surface area (Å²) in [5.74, 6) is 1.75. The monoisotopic (exact) mass is 625 g/mol. The molecule has 1 amide bonds. The van der Waals surface area contributed by atoms with Gasteiger partial charge in [0.25, 0.3) is 0 Å². The van der Waals surface area contributed by atoms with Crippen LogP contribution >= 0.6 is 0 Å². The fraction of sp³-hybridized carbons (Fsp3) is 0.585. The molecule has 3 saturated carbocycles. The highest BCUT2D eigenvalue weighted by molar-refractivity contribution is 5.85. The van der Waals surface area contributed by atoms with Crippen molar-refractivity contribution in [3.8, 4) is 5.75 Å². The Kier molecular flexibility index (Phi) is 9.15. The molecule has 7 rings (SSSR count). The topological polar surface area (TPSA) is 60.8 Å². The number of phenolic OH excluding ortho intramolecular Hbond substituents is 1. The summed E-state index contributed by atoms with van der Waals surface area (Å²) in [5, 5.41) is 23.7. The number of fused-ring (bicyclic) bond motifs is 6. The molecule has 0 heterocycles. The lowest BCUT2D eigenvalue weighted by Crippen LogP contribution is -2.51. The van der Waals surface area contributed by atoms with Crippen LogP contribution in [0.5, 0.6) is 5.75 Å². The van der Waals surface area contributed by atoms with Crippen molar-refractivity contribution >= 4 is 16.7 Å². The molecule has 46 heavy (non-hydrogen) atoms. The number of hydrogen-bond donors (Lipinski definition) is 2. The molecule has 0 bridgehead atoms. The van der Waals surface area contributed by atoms with Gasteiger partial charge in [-0.2, -0.15) is 0 Å². The number of aliphatic hydroxyl groups excluding tert-OH is 1. The highest BCUT2D eigenvalue weighted by atomic mass is 19.1. The van der Waals surface area contributed by atoms with Gasteiger partial charge in [-0.1, -0.05) is 81.1 Å². The Balaban J connectivity index is 1.05. The molecule has 0 unspecified atom stereocenters. The van der Waals surface area contributed by atoms with Gasteiger partial charge in [-0.3, -0.25) is 4.79 Å². The molecule has 0 aromatic heterocycles. The molecular weight excluding hydrogens is 573 g/mol. The van der Waals surface area contributed by atoms with Crippen LogP contribution in [0.25, 0.3) is 10.8 Å². The van der Waals surface area contributed by atoms with E-state index in [0.29, 0.717) is 30.6 Å². The van der Waals surface area contributed by atoms with Gasteiger partial charge in [0.2, 0.25) is 5.91 Å². The first-order chi connectivity index (χ1) is 22.3. The number of carbonyl (C=O) groups is 1. The van der Waals surface area contributed by atoms with E-state index in [1.165, 1.54) is 42.9 Å². The van der Waals surface area contributed by atoms with Crippen molar-refractivity contribution in [2.45, 2.75) is 109 Å². The molecule has 0 spiro atoms. The second-order valence-electron chi connectivity index (χ2n) is 15.6. The van der Waals surface area contributed by atoms with Crippen LogP contribution in [-0.4, -0.2) is 46.4 Å². The summed E-state index contributed by atoms with van der Waals surface area (Å²) >= 11 is 0. The average Bonchev–Trinajstić information content (AvgIpc) is 3.35. The number of amides is 1. The molecule has 3 fully saturated rings. The maximum atomic E-state index is 16.2. The van der Waals surface area contributed by atoms with Crippen LogP contribution in [0.4, 0.5) is 4.39 Å². The lowest BCUT2D eigenvalue weighted by Gasteiger charge is -2.54. The normalized spacial score (nSPS) is 30.8. The van der Waals surface area contributed by atoms with E-state index in [2.05, 4.69) is 54.3 Å². The molecule has 4 aliphatic carbocycles. The number of halogens is 1. The summed E-state index contributed by atoms with van der Waals surface area (Å²) in [7, 11) is 0. The molecule has 0 radical (unpaired) electrons. The Morgan fingerprint density at radius 2 is 1.76 bits per heavy atom. The number of phenols is 1. The van der Waals surface area contributed by atoms with E-state index in [4.69, 9.17) is 0 Å². The van der Waals surface area contributed by atoms with Crippen molar-refractivity contribution in [3.05, 3.63) is 77.4 Å². The fourth-order valence-corrected chi connectivity index (χ4v) is 10.4. The number of aliphatic hydroxyl groups is 1. The van der Waals surface area contributed by atoms with E-state index < -0.39 is 12.3 Å². The average molecular weight is 626 g/mol. The smallest absolute Gasteiger partial charge is 0.226 e. The lowest BCUT2D eigenvalue weighted by molar-refractivity contribution is -0.131. The van der Waals surface area contributed by atoms with Gasteiger partial charge in [0.05, 0.1) is 12.5 Å². The predicted octanol–water partition coefficient (Wildman–Crippen LogP) is 8.76. The minimum absolute atomic E-state index is 0.163. The number of alkyl halides is 1. The van der Waals surface area contributed by atoms with Crippen LogP contribution < -0.4 is 0 Å². The molecule has 4 nitrogen and oxygen atoms in total. The Labute approximate surface area is 274 Å². The maximum Gasteiger partial charge on any atom is 0.226 e. The van der Waals surface area contributed by atoms with E-state index in [9.17, 15) is 15.0 Å². The van der Waals surface area contributed by atoms with Gasteiger partial charge >= 0.3 is 0 Å². The van der Waals surface area contributed by atoms with Gasteiger partial charge in [0, 0.05) is 19.0 Å². The Hall–Kier alpha value is -2.92. The van der Waals surface area contributed by atoms with Crippen LogP contribution in [-0.2, 0) is 17.6 Å². The summed E-state index contributed by atoms with van der Waals surface area (Å²) in [4.78, 5) is 16.0. The summed E-state index contributed by atoms with van der Waals surface area (Å²) in [5.41, 5.74) is 2.89. The predicted molar refractivity (Wildman–Crippen MR) is 183 cm³/mol. The molecule has 7 atom stereocenters. The Bertz CT molecular complexity index is 1530. The number of hydrogen-bond acceptors (Lipinski definition) is 3. The molecule has 4 aliphatic rings. The summed E-state index contributed by atoms with van der Waals surface area (Å²) in [6, 6.07) is 20.3. The fourth-order valence-electron chi connectivity index (χ4n) is 10.4. The van der Waals surface area contributed by atoms with Gasteiger partial charge < -0.3 is 15.1 Å². The van der Waals surface area contributed by atoms with Crippen LogP contribution in [0.2, 0.25) is 0 Å². The van der Waals surface area contributed by atoms with Crippen LogP contribution in [0.15, 0.2) is 60.7 Å². The van der Waals surface area contributed by atoms with E-state index in [1.54, 1.807) is 6.07 Å². The number of rotatable bonds is 9. The molecule has 3 aromatic carbocycles. The first-order valence-corrected chi connectivity index (χ1v) is 18.2. The van der Waals surface area contributed by atoms with Crippen molar-refractivity contribution < 1.29 is 19.4 Å². The third-order valence-electron chi connectivity index (χ3n) is 12.8.